The summed E-state index contributed by atoms with van der Waals surface area (Å²) in [5.74, 6) is -2.39. The summed E-state index contributed by atoms with van der Waals surface area (Å²) in [6.45, 7) is 0.576. The number of hydrogen-bond donors (Lipinski definition) is 4. The molecule has 30 heavy (non-hydrogen) atoms. The summed E-state index contributed by atoms with van der Waals surface area (Å²) in [5, 5.41) is 18.9. The van der Waals surface area contributed by atoms with Gasteiger partial charge in [-0.25, -0.2) is 9.59 Å². The molecule has 1 heterocycles. The van der Waals surface area contributed by atoms with Crippen LogP contribution >= 0.6 is 0 Å². The van der Waals surface area contributed by atoms with E-state index in [-0.39, 0.29) is 12.5 Å². The number of aromatic amines is 1. The van der Waals surface area contributed by atoms with Crippen molar-refractivity contribution in [3.63, 3.8) is 0 Å². The van der Waals surface area contributed by atoms with Gasteiger partial charge in [0, 0.05) is 23.6 Å². The van der Waals surface area contributed by atoms with E-state index in [1.807, 2.05) is 24.4 Å². The van der Waals surface area contributed by atoms with Gasteiger partial charge >= 0.3 is 11.9 Å². The summed E-state index contributed by atoms with van der Waals surface area (Å²) >= 11 is 0. The molecule has 0 spiro atoms. The number of carboxylic acid groups (broad SMARTS) is 2. The van der Waals surface area contributed by atoms with Gasteiger partial charge in [0.15, 0.2) is 6.61 Å². The van der Waals surface area contributed by atoms with Gasteiger partial charge in [-0.15, -0.1) is 0 Å². The fourth-order valence-electron chi connectivity index (χ4n) is 2.55. The summed E-state index contributed by atoms with van der Waals surface area (Å²) in [6, 6.07) is 15.3. The smallest absolute Gasteiger partial charge is 0.414 e. The zero-order chi connectivity index (χ0) is 21.9. The number of carboxylic acids is 2. The SMILES string of the molecule is COc1ccc(OCC(=O)NCCc2c[nH]c3ccccc23)cc1.O=C(O)C(=O)O. The first kappa shape index (κ1) is 22.3. The lowest BCUT2D eigenvalue weighted by molar-refractivity contribution is -0.159. The molecule has 0 aliphatic rings. The minimum absolute atomic E-state index is 0.000212. The number of H-pyrrole nitrogens is 1. The third-order valence-corrected chi connectivity index (χ3v) is 4.00. The van der Waals surface area contributed by atoms with Crippen LogP contribution in [0.25, 0.3) is 10.9 Å². The first-order valence-electron chi connectivity index (χ1n) is 8.95. The lowest BCUT2D eigenvalue weighted by Crippen LogP contribution is -2.30. The quantitative estimate of drug-likeness (QED) is 0.434. The number of nitrogens with one attached hydrogen (secondary N) is 2. The van der Waals surface area contributed by atoms with E-state index in [9.17, 15) is 4.79 Å². The molecule has 0 fully saturated rings. The average Bonchev–Trinajstić information content (AvgIpc) is 3.16. The number of aromatic nitrogens is 1. The molecule has 9 nitrogen and oxygen atoms in total. The molecule has 1 aromatic heterocycles. The Bertz CT molecular complexity index is 984. The van der Waals surface area contributed by atoms with Gasteiger partial charge in [0.1, 0.15) is 11.5 Å². The Balaban J connectivity index is 0.000000469. The van der Waals surface area contributed by atoms with Crippen LogP contribution in [0.15, 0.2) is 54.7 Å². The van der Waals surface area contributed by atoms with E-state index >= 15 is 0 Å². The average molecular weight is 414 g/mol. The maximum absolute atomic E-state index is 11.9. The first-order chi connectivity index (χ1) is 14.4. The maximum atomic E-state index is 11.9. The molecule has 0 bridgehead atoms. The van der Waals surface area contributed by atoms with Gasteiger partial charge in [-0.2, -0.15) is 0 Å². The number of ether oxygens (including phenoxy) is 2. The van der Waals surface area contributed by atoms with Crippen LogP contribution in [0, 0.1) is 0 Å². The standard InChI is InChI=1S/C19H20N2O3.C2H2O4/c1-23-15-6-8-16(9-7-15)24-13-19(22)20-11-10-14-12-21-18-5-3-2-4-17(14)18;3-1(4)2(5)6/h2-9,12,21H,10-11,13H2,1H3,(H,20,22);(H,3,4)(H,5,6). The second kappa shape index (κ2) is 11.1. The van der Waals surface area contributed by atoms with Crippen LogP contribution in [-0.4, -0.2) is 53.3 Å². The highest BCUT2D eigenvalue weighted by Gasteiger charge is 2.06. The van der Waals surface area contributed by atoms with Crippen molar-refractivity contribution in [2.75, 3.05) is 20.3 Å². The Labute approximate surface area is 172 Å². The fraction of sp³-hybridized carbons (Fsp3) is 0.190. The minimum atomic E-state index is -1.82. The molecule has 0 aliphatic heterocycles. The van der Waals surface area contributed by atoms with E-state index < -0.39 is 11.9 Å². The van der Waals surface area contributed by atoms with Crippen molar-refractivity contribution in [2.24, 2.45) is 0 Å². The third kappa shape index (κ3) is 6.86. The molecule has 0 unspecified atom stereocenters. The molecule has 158 valence electrons. The van der Waals surface area contributed by atoms with Crippen LogP contribution in [0.2, 0.25) is 0 Å². The zero-order valence-corrected chi connectivity index (χ0v) is 16.3. The molecule has 3 rings (SSSR count). The van der Waals surface area contributed by atoms with Gasteiger partial charge in [-0.1, -0.05) is 18.2 Å². The highest BCUT2D eigenvalue weighted by atomic mass is 16.5. The third-order valence-electron chi connectivity index (χ3n) is 4.00. The van der Waals surface area contributed by atoms with Crippen molar-refractivity contribution < 1.29 is 34.1 Å². The minimum Gasteiger partial charge on any atom is -0.497 e. The second-order valence-corrected chi connectivity index (χ2v) is 6.03. The highest BCUT2D eigenvalue weighted by Crippen LogP contribution is 2.18. The number of carbonyl (C=O) groups excluding carboxylic acids is 1. The Hall–Kier alpha value is -4.01. The largest absolute Gasteiger partial charge is 0.497 e. The summed E-state index contributed by atoms with van der Waals surface area (Å²) < 4.78 is 10.5. The number of fused-ring (bicyclic) bond motifs is 1. The maximum Gasteiger partial charge on any atom is 0.414 e. The number of methoxy groups -OCH3 is 1. The van der Waals surface area contributed by atoms with E-state index in [1.165, 1.54) is 10.9 Å². The Morgan fingerprint density at radius 3 is 2.23 bits per heavy atom. The monoisotopic (exact) mass is 414 g/mol. The van der Waals surface area contributed by atoms with Crippen LogP contribution < -0.4 is 14.8 Å². The number of rotatable bonds is 7. The van der Waals surface area contributed by atoms with Gasteiger partial charge < -0.3 is 30.0 Å². The van der Waals surface area contributed by atoms with Gasteiger partial charge in [-0.3, -0.25) is 4.79 Å². The van der Waals surface area contributed by atoms with E-state index in [4.69, 9.17) is 29.3 Å². The molecule has 0 aliphatic carbocycles. The molecule has 3 aromatic rings. The van der Waals surface area contributed by atoms with Crippen molar-refractivity contribution >= 4 is 28.7 Å². The Kier molecular flexibility index (Phi) is 8.25. The van der Waals surface area contributed by atoms with Crippen molar-refractivity contribution in [3.05, 3.63) is 60.3 Å². The van der Waals surface area contributed by atoms with E-state index in [0.717, 1.165) is 17.7 Å². The summed E-state index contributed by atoms with van der Waals surface area (Å²) in [4.78, 5) is 33.3. The molecule has 0 saturated carbocycles. The van der Waals surface area contributed by atoms with Crippen LogP contribution in [0.3, 0.4) is 0 Å². The summed E-state index contributed by atoms with van der Waals surface area (Å²) in [7, 11) is 1.61. The van der Waals surface area contributed by atoms with Crippen molar-refractivity contribution in [1.29, 1.82) is 0 Å². The Morgan fingerprint density at radius 1 is 0.967 bits per heavy atom. The van der Waals surface area contributed by atoms with Crippen LogP contribution in [0.5, 0.6) is 11.5 Å². The molecule has 2 aromatic carbocycles. The molecule has 9 heteroatoms. The highest BCUT2D eigenvalue weighted by molar-refractivity contribution is 6.27. The molecule has 0 atom stereocenters. The molecule has 0 saturated heterocycles. The normalized spacial score (nSPS) is 9.90. The van der Waals surface area contributed by atoms with Crippen molar-refractivity contribution in [2.45, 2.75) is 6.42 Å². The molecule has 4 N–H and O–H groups in total. The van der Waals surface area contributed by atoms with Crippen LogP contribution in [0.1, 0.15) is 5.56 Å². The van der Waals surface area contributed by atoms with Crippen LogP contribution in [0.4, 0.5) is 0 Å². The Morgan fingerprint density at radius 2 is 1.60 bits per heavy atom. The predicted octanol–water partition coefficient (Wildman–Crippen LogP) is 2.07. The van der Waals surface area contributed by atoms with Gasteiger partial charge in [0.05, 0.1) is 7.11 Å². The molecule has 0 radical (unpaired) electrons. The molecular weight excluding hydrogens is 392 g/mol. The van der Waals surface area contributed by atoms with E-state index in [2.05, 4.69) is 16.4 Å². The number of aliphatic carboxylic acids is 2. The molecule has 1 amide bonds. The lowest BCUT2D eigenvalue weighted by atomic mass is 10.1. The second-order valence-electron chi connectivity index (χ2n) is 6.03. The summed E-state index contributed by atoms with van der Waals surface area (Å²) in [5.41, 5.74) is 2.31. The van der Waals surface area contributed by atoms with Gasteiger partial charge in [-0.05, 0) is 42.3 Å². The van der Waals surface area contributed by atoms with E-state index in [1.54, 1.807) is 31.4 Å². The lowest BCUT2D eigenvalue weighted by Gasteiger charge is -2.08. The van der Waals surface area contributed by atoms with Crippen molar-refractivity contribution in [1.82, 2.24) is 10.3 Å². The number of amides is 1. The van der Waals surface area contributed by atoms with Gasteiger partial charge in [0.2, 0.25) is 0 Å². The first-order valence-corrected chi connectivity index (χ1v) is 8.95. The predicted molar refractivity (Wildman–Crippen MR) is 109 cm³/mol. The number of para-hydroxylation sites is 1. The topological polar surface area (TPSA) is 138 Å². The van der Waals surface area contributed by atoms with E-state index in [0.29, 0.717) is 12.3 Å². The van der Waals surface area contributed by atoms with Crippen molar-refractivity contribution in [3.8, 4) is 11.5 Å². The fourth-order valence-corrected chi connectivity index (χ4v) is 2.55. The zero-order valence-electron chi connectivity index (χ0n) is 16.3. The number of carbonyl (C=O) groups is 3. The molecular formula is C21H22N2O7. The van der Waals surface area contributed by atoms with Crippen LogP contribution in [-0.2, 0) is 20.8 Å². The summed E-state index contributed by atoms with van der Waals surface area (Å²) in [6.07, 6.45) is 2.77. The van der Waals surface area contributed by atoms with Gasteiger partial charge in [0.25, 0.3) is 5.91 Å². The number of hydrogen-bond acceptors (Lipinski definition) is 5. The number of benzene rings is 2.